The summed E-state index contributed by atoms with van der Waals surface area (Å²) in [6.45, 7) is 8.07. The highest BCUT2D eigenvalue weighted by Crippen LogP contribution is 2.28. The van der Waals surface area contributed by atoms with E-state index < -0.39 is 0 Å². The smallest absolute Gasteiger partial charge is 0.245 e. The quantitative estimate of drug-likeness (QED) is 0.679. The second-order valence-electron chi connectivity index (χ2n) is 6.02. The molecule has 1 aliphatic carbocycles. The first-order chi connectivity index (χ1) is 9.93. The molecule has 1 aromatic carbocycles. The summed E-state index contributed by atoms with van der Waals surface area (Å²) in [7, 11) is 0. The maximum atomic E-state index is 12.8. The van der Waals surface area contributed by atoms with Gasteiger partial charge in [0.05, 0.1) is 12.1 Å². The highest BCUT2D eigenvalue weighted by Gasteiger charge is 2.41. The van der Waals surface area contributed by atoms with Crippen molar-refractivity contribution in [3.63, 3.8) is 0 Å². The number of nitrogens with zero attached hydrogens (tertiary/aromatic N) is 2. The predicted octanol–water partition coefficient (Wildman–Crippen LogP) is 2.71. The molecule has 4 nitrogen and oxygen atoms in total. The number of aromatic nitrogens is 2. The molecule has 0 spiro atoms. The van der Waals surface area contributed by atoms with Gasteiger partial charge in [0.2, 0.25) is 29.3 Å². The molecule has 0 radical (unpaired) electrons. The zero-order valence-corrected chi connectivity index (χ0v) is 12.8. The second kappa shape index (κ2) is 4.65. The number of fused-ring (bicyclic) bond motifs is 2. The number of hydrogen-bond donors (Lipinski definition) is 0. The van der Waals surface area contributed by atoms with E-state index in [0.29, 0.717) is 22.5 Å². The predicted molar refractivity (Wildman–Crippen MR) is 78.7 cm³/mol. The van der Waals surface area contributed by atoms with Crippen LogP contribution >= 0.6 is 0 Å². The lowest BCUT2D eigenvalue weighted by Gasteiger charge is -2.14. The van der Waals surface area contributed by atoms with Crippen molar-refractivity contribution < 1.29 is 14.2 Å². The summed E-state index contributed by atoms with van der Waals surface area (Å²) in [5.74, 6) is -0.124. The van der Waals surface area contributed by atoms with Gasteiger partial charge in [-0.05, 0) is 27.7 Å². The van der Waals surface area contributed by atoms with Crippen molar-refractivity contribution in [2.24, 2.45) is 0 Å². The van der Waals surface area contributed by atoms with Gasteiger partial charge in [0, 0.05) is 11.1 Å². The Morgan fingerprint density at radius 2 is 1.52 bits per heavy atom. The van der Waals surface area contributed by atoms with Crippen LogP contribution in [0.25, 0.3) is 0 Å². The number of hydrogen-bond acceptors (Lipinski definition) is 2. The Kier molecular flexibility index (Phi) is 3.04. The number of benzene rings is 1. The van der Waals surface area contributed by atoms with Gasteiger partial charge in [0.15, 0.2) is 0 Å². The zero-order chi connectivity index (χ0) is 15.3. The van der Waals surface area contributed by atoms with Gasteiger partial charge in [0.25, 0.3) is 0 Å². The fourth-order valence-electron chi connectivity index (χ4n) is 2.86. The van der Waals surface area contributed by atoms with Gasteiger partial charge in [-0.2, -0.15) is 0 Å². The van der Waals surface area contributed by atoms with Crippen LogP contribution in [0.5, 0.6) is 0 Å². The van der Waals surface area contributed by atoms with Crippen LogP contribution in [-0.2, 0) is 0 Å². The molecule has 21 heavy (non-hydrogen) atoms. The van der Waals surface area contributed by atoms with Crippen molar-refractivity contribution in [1.29, 1.82) is 0 Å². The fraction of sp³-hybridized carbons (Fsp3) is 0.353. The van der Waals surface area contributed by atoms with Crippen LogP contribution in [0.2, 0.25) is 0 Å². The van der Waals surface area contributed by atoms with E-state index in [-0.39, 0.29) is 23.7 Å². The SMILES string of the molecule is CC(C)n1c[n+](C(C)C)c2c1C(=O)c1ccccc1C2=O. The van der Waals surface area contributed by atoms with E-state index >= 15 is 0 Å². The van der Waals surface area contributed by atoms with Crippen LogP contribution in [0.3, 0.4) is 0 Å². The Balaban J connectivity index is 2.35. The fourth-order valence-corrected chi connectivity index (χ4v) is 2.86. The van der Waals surface area contributed by atoms with Gasteiger partial charge in [-0.1, -0.05) is 24.3 Å². The third kappa shape index (κ3) is 1.86. The summed E-state index contributed by atoms with van der Waals surface area (Å²) in [6.07, 6.45) is 1.89. The molecule has 0 saturated carbocycles. The molecule has 0 bridgehead atoms. The topological polar surface area (TPSA) is 43.0 Å². The van der Waals surface area contributed by atoms with Crippen LogP contribution in [0, 0.1) is 0 Å². The first kappa shape index (κ1) is 13.7. The lowest BCUT2D eigenvalue weighted by Crippen LogP contribution is -2.42. The van der Waals surface area contributed by atoms with Gasteiger partial charge in [-0.15, -0.1) is 0 Å². The molecule has 0 amide bonds. The molecule has 1 aromatic heterocycles. The lowest BCUT2D eigenvalue weighted by atomic mass is 9.89. The zero-order valence-electron chi connectivity index (χ0n) is 12.8. The van der Waals surface area contributed by atoms with Crippen molar-refractivity contribution in [3.8, 4) is 0 Å². The number of carbonyl (C=O) groups is 2. The van der Waals surface area contributed by atoms with Crippen molar-refractivity contribution in [3.05, 3.63) is 53.1 Å². The molecule has 0 fully saturated rings. The van der Waals surface area contributed by atoms with Gasteiger partial charge >= 0.3 is 0 Å². The summed E-state index contributed by atoms with van der Waals surface area (Å²) in [6, 6.07) is 7.31. The summed E-state index contributed by atoms with van der Waals surface area (Å²) in [5.41, 5.74) is 2.04. The van der Waals surface area contributed by atoms with Crippen LogP contribution in [-0.4, -0.2) is 16.1 Å². The molecule has 1 heterocycles. The molecule has 3 rings (SSSR count). The van der Waals surface area contributed by atoms with Crippen LogP contribution in [0.4, 0.5) is 0 Å². The van der Waals surface area contributed by atoms with Crippen molar-refractivity contribution >= 4 is 11.6 Å². The van der Waals surface area contributed by atoms with E-state index in [1.165, 1.54) is 0 Å². The van der Waals surface area contributed by atoms with Crippen LogP contribution < -0.4 is 4.57 Å². The van der Waals surface area contributed by atoms with E-state index in [2.05, 4.69) is 0 Å². The first-order valence-corrected chi connectivity index (χ1v) is 7.28. The minimum absolute atomic E-state index is 0.0618. The molecule has 0 atom stereocenters. The van der Waals surface area contributed by atoms with Gasteiger partial charge < -0.3 is 0 Å². The highest BCUT2D eigenvalue weighted by molar-refractivity contribution is 6.26. The third-order valence-electron chi connectivity index (χ3n) is 3.95. The van der Waals surface area contributed by atoms with E-state index in [4.69, 9.17) is 0 Å². The minimum Gasteiger partial charge on any atom is -0.284 e. The molecular formula is C17H19N2O2+. The van der Waals surface area contributed by atoms with E-state index in [1.54, 1.807) is 24.3 Å². The van der Waals surface area contributed by atoms with Crippen molar-refractivity contribution in [2.75, 3.05) is 0 Å². The Hall–Kier alpha value is -2.23. The Morgan fingerprint density at radius 1 is 0.952 bits per heavy atom. The van der Waals surface area contributed by atoms with E-state index in [9.17, 15) is 9.59 Å². The number of rotatable bonds is 2. The lowest BCUT2D eigenvalue weighted by molar-refractivity contribution is -0.717. The highest BCUT2D eigenvalue weighted by atomic mass is 16.1. The maximum absolute atomic E-state index is 12.8. The molecule has 0 aliphatic heterocycles. The minimum atomic E-state index is -0.0618. The normalized spacial score (nSPS) is 13.8. The Morgan fingerprint density at radius 3 is 2.05 bits per heavy atom. The average Bonchev–Trinajstić information content (AvgIpc) is 2.86. The molecule has 2 aromatic rings. The molecule has 4 heteroatoms. The monoisotopic (exact) mass is 283 g/mol. The van der Waals surface area contributed by atoms with E-state index in [1.807, 2.05) is 43.2 Å². The van der Waals surface area contributed by atoms with Gasteiger partial charge in [-0.25, -0.2) is 9.13 Å². The molecule has 0 N–H and O–H groups in total. The molecular weight excluding hydrogens is 264 g/mol. The molecule has 1 aliphatic rings. The molecule has 0 saturated heterocycles. The molecule has 108 valence electrons. The largest absolute Gasteiger partial charge is 0.284 e. The number of ketones is 2. The standard InChI is InChI=1S/C17H19N2O2/c1-10(2)18-9-19(11(3)4)15-14(18)16(20)12-7-5-6-8-13(12)17(15)21/h5-11H,1-4H3/q+1. The second-order valence-corrected chi connectivity index (χ2v) is 6.02. The first-order valence-electron chi connectivity index (χ1n) is 7.28. The average molecular weight is 283 g/mol. The third-order valence-corrected chi connectivity index (χ3v) is 3.95. The van der Waals surface area contributed by atoms with E-state index in [0.717, 1.165) is 0 Å². The van der Waals surface area contributed by atoms with Gasteiger partial charge in [-0.3, -0.25) is 9.59 Å². The van der Waals surface area contributed by atoms with Crippen LogP contribution in [0.15, 0.2) is 30.6 Å². The number of imidazole rings is 1. The van der Waals surface area contributed by atoms with Crippen molar-refractivity contribution in [2.45, 2.75) is 39.8 Å². The summed E-state index contributed by atoms with van der Waals surface area (Å²) < 4.78 is 3.82. The summed E-state index contributed by atoms with van der Waals surface area (Å²) >= 11 is 0. The Labute approximate surface area is 124 Å². The maximum Gasteiger partial charge on any atom is 0.245 e. The van der Waals surface area contributed by atoms with Crippen LogP contribution in [0.1, 0.15) is 71.9 Å². The molecule has 0 unspecified atom stereocenters. The Bertz CT molecular complexity index is 693. The number of carbonyl (C=O) groups excluding carboxylic acids is 2. The summed E-state index contributed by atoms with van der Waals surface area (Å²) in [4.78, 5) is 25.7. The van der Waals surface area contributed by atoms with Crippen molar-refractivity contribution in [1.82, 2.24) is 4.57 Å². The summed E-state index contributed by atoms with van der Waals surface area (Å²) in [5, 5.41) is 0. The van der Waals surface area contributed by atoms with Gasteiger partial charge in [0.1, 0.15) is 0 Å².